The van der Waals surface area contributed by atoms with Gasteiger partial charge in [0.2, 0.25) is 11.8 Å². The normalized spacial score (nSPS) is 12.6. The van der Waals surface area contributed by atoms with Crippen molar-refractivity contribution in [3.05, 3.63) is 95.6 Å². The van der Waals surface area contributed by atoms with E-state index in [1.807, 2.05) is 68.4 Å². The van der Waals surface area contributed by atoms with Crippen LogP contribution in [0.15, 0.2) is 78.9 Å². The Morgan fingerprint density at radius 1 is 0.767 bits per heavy atom. The van der Waals surface area contributed by atoms with Crippen molar-refractivity contribution in [2.24, 2.45) is 0 Å². The third-order valence-electron chi connectivity index (χ3n) is 5.14. The van der Waals surface area contributed by atoms with E-state index in [1.54, 1.807) is 0 Å². The first-order valence-electron chi connectivity index (χ1n) is 10.2. The highest BCUT2D eigenvalue weighted by molar-refractivity contribution is 5.79. The third-order valence-corrected chi connectivity index (χ3v) is 5.14. The van der Waals surface area contributed by atoms with Crippen LogP contribution in [-0.4, -0.2) is 11.8 Å². The fraction of sp³-hybridized carbons (Fsp3) is 0.231. The Hall–Kier alpha value is -3.40. The van der Waals surface area contributed by atoms with Gasteiger partial charge < -0.3 is 10.6 Å². The molecule has 0 saturated carbocycles. The lowest BCUT2D eigenvalue weighted by Crippen LogP contribution is -2.33. The lowest BCUT2D eigenvalue weighted by atomic mass is 10.00. The Morgan fingerprint density at radius 2 is 1.33 bits per heavy atom. The minimum atomic E-state index is -0.351. The number of benzene rings is 3. The van der Waals surface area contributed by atoms with Crippen LogP contribution < -0.4 is 10.6 Å². The van der Waals surface area contributed by atoms with Crippen LogP contribution in [-0.2, 0) is 9.59 Å². The van der Waals surface area contributed by atoms with E-state index in [0.29, 0.717) is 0 Å². The number of amides is 2. The SMILES string of the molecule is CC(=O)NC(CC(=O)NC(C)c1ccc(-c2ccccc2)cc1)c1ccc(C)cc1. The molecule has 0 aliphatic rings. The van der Waals surface area contributed by atoms with E-state index >= 15 is 0 Å². The number of aryl methyl sites for hydroxylation is 1. The fourth-order valence-electron chi connectivity index (χ4n) is 3.46. The lowest BCUT2D eigenvalue weighted by Gasteiger charge is -2.20. The molecule has 2 unspecified atom stereocenters. The van der Waals surface area contributed by atoms with Crippen LogP contribution in [0.25, 0.3) is 11.1 Å². The number of carbonyl (C=O) groups is 2. The molecule has 0 spiro atoms. The Balaban J connectivity index is 1.64. The van der Waals surface area contributed by atoms with Gasteiger partial charge in [0, 0.05) is 6.92 Å². The molecular weight excluding hydrogens is 372 g/mol. The molecule has 3 rings (SSSR count). The van der Waals surface area contributed by atoms with Gasteiger partial charge >= 0.3 is 0 Å². The van der Waals surface area contributed by atoms with Gasteiger partial charge in [-0.1, -0.05) is 84.4 Å². The second kappa shape index (κ2) is 9.88. The first-order valence-corrected chi connectivity index (χ1v) is 10.2. The molecule has 3 aromatic rings. The minimum absolute atomic E-state index is 0.103. The third kappa shape index (κ3) is 5.80. The monoisotopic (exact) mass is 400 g/mol. The molecule has 0 radical (unpaired) electrons. The van der Waals surface area contributed by atoms with Crippen molar-refractivity contribution in [3.63, 3.8) is 0 Å². The summed E-state index contributed by atoms with van der Waals surface area (Å²) in [7, 11) is 0. The quantitative estimate of drug-likeness (QED) is 0.579. The van der Waals surface area contributed by atoms with Crippen molar-refractivity contribution in [3.8, 4) is 11.1 Å². The van der Waals surface area contributed by atoms with E-state index in [4.69, 9.17) is 0 Å². The standard InChI is InChI=1S/C26H28N2O2/c1-18-9-11-24(12-10-18)25(28-20(3)29)17-26(30)27-19(2)21-13-15-23(16-14-21)22-7-5-4-6-8-22/h4-16,19,25H,17H2,1-3H3,(H,27,30)(H,28,29). The Morgan fingerprint density at radius 3 is 1.93 bits per heavy atom. The van der Waals surface area contributed by atoms with E-state index < -0.39 is 0 Å². The average Bonchev–Trinajstić information content (AvgIpc) is 2.74. The number of carbonyl (C=O) groups excluding carboxylic acids is 2. The number of hydrogen-bond donors (Lipinski definition) is 2. The molecular formula is C26H28N2O2. The zero-order valence-electron chi connectivity index (χ0n) is 17.7. The van der Waals surface area contributed by atoms with Crippen molar-refractivity contribution >= 4 is 11.8 Å². The second-order valence-electron chi connectivity index (χ2n) is 7.65. The second-order valence-corrected chi connectivity index (χ2v) is 7.65. The number of nitrogens with one attached hydrogen (secondary N) is 2. The first-order chi connectivity index (χ1) is 14.4. The zero-order chi connectivity index (χ0) is 21.5. The van der Waals surface area contributed by atoms with E-state index in [2.05, 4.69) is 34.9 Å². The van der Waals surface area contributed by atoms with Gasteiger partial charge in [-0.2, -0.15) is 0 Å². The predicted octanol–water partition coefficient (Wildman–Crippen LogP) is 5.11. The molecule has 0 saturated heterocycles. The summed E-state index contributed by atoms with van der Waals surface area (Å²) in [6.07, 6.45) is 0.190. The highest BCUT2D eigenvalue weighted by Crippen LogP contribution is 2.23. The highest BCUT2D eigenvalue weighted by Gasteiger charge is 2.18. The minimum Gasteiger partial charge on any atom is -0.350 e. The number of rotatable bonds is 7. The molecule has 2 atom stereocenters. The van der Waals surface area contributed by atoms with Gasteiger partial charge in [-0.25, -0.2) is 0 Å². The van der Waals surface area contributed by atoms with Crippen LogP contribution in [0.2, 0.25) is 0 Å². The van der Waals surface area contributed by atoms with Gasteiger partial charge in [0.15, 0.2) is 0 Å². The topological polar surface area (TPSA) is 58.2 Å². The largest absolute Gasteiger partial charge is 0.350 e. The van der Waals surface area contributed by atoms with Gasteiger partial charge in [-0.05, 0) is 36.1 Å². The molecule has 0 aliphatic heterocycles. The van der Waals surface area contributed by atoms with Crippen molar-refractivity contribution in [1.82, 2.24) is 10.6 Å². The van der Waals surface area contributed by atoms with E-state index in [1.165, 1.54) is 6.92 Å². The summed E-state index contributed by atoms with van der Waals surface area (Å²) in [5, 5.41) is 5.94. The van der Waals surface area contributed by atoms with Crippen molar-refractivity contribution in [2.75, 3.05) is 0 Å². The zero-order valence-corrected chi connectivity index (χ0v) is 17.7. The van der Waals surface area contributed by atoms with Crippen LogP contribution >= 0.6 is 0 Å². The molecule has 2 N–H and O–H groups in total. The van der Waals surface area contributed by atoms with Crippen LogP contribution in [0.4, 0.5) is 0 Å². The number of hydrogen-bond acceptors (Lipinski definition) is 2. The van der Waals surface area contributed by atoms with Crippen molar-refractivity contribution in [1.29, 1.82) is 0 Å². The fourth-order valence-corrected chi connectivity index (χ4v) is 3.46. The molecule has 2 amide bonds. The van der Waals surface area contributed by atoms with Crippen LogP contribution in [0.3, 0.4) is 0 Å². The maximum absolute atomic E-state index is 12.7. The average molecular weight is 401 g/mol. The van der Waals surface area contributed by atoms with Crippen LogP contribution in [0, 0.1) is 6.92 Å². The van der Waals surface area contributed by atoms with Gasteiger partial charge in [0.05, 0.1) is 18.5 Å². The molecule has 154 valence electrons. The van der Waals surface area contributed by atoms with Gasteiger partial charge in [-0.3, -0.25) is 9.59 Å². The van der Waals surface area contributed by atoms with Gasteiger partial charge in [0.1, 0.15) is 0 Å². The Labute approximate surface area is 178 Å². The lowest BCUT2D eigenvalue weighted by molar-refractivity contribution is -0.123. The summed E-state index contributed by atoms with van der Waals surface area (Å²) >= 11 is 0. The van der Waals surface area contributed by atoms with Crippen molar-refractivity contribution in [2.45, 2.75) is 39.3 Å². The molecule has 0 aliphatic carbocycles. The van der Waals surface area contributed by atoms with Gasteiger partial charge in [-0.15, -0.1) is 0 Å². The maximum Gasteiger partial charge on any atom is 0.222 e. The van der Waals surface area contributed by atoms with E-state index in [-0.39, 0.29) is 30.3 Å². The summed E-state index contributed by atoms with van der Waals surface area (Å²) < 4.78 is 0. The van der Waals surface area contributed by atoms with Crippen molar-refractivity contribution < 1.29 is 9.59 Å². The Bertz CT molecular complexity index is 980. The predicted molar refractivity (Wildman–Crippen MR) is 121 cm³/mol. The smallest absolute Gasteiger partial charge is 0.222 e. The summed E-state index contributed by atoms with van der Waals surface area (Å²) in [4.78, 5) is 24.3. The molecule has 4 heteroatoms. The van der Waals surface area contributed by atoms with Crippen LogP contribution in [0.1, 0.15) is 49.0 Å². The molecule has 0 aromatic heterocycles. The summed E-state index contributed by atoms with van der Waals surface area (Å²) in [5.74, 6) is -0.258. The molecule has 0 fully saturated rings. The van der Waals surface area contributed by atoms with E-state index in [0.717, 1.165) is 27.8 Å². The van der Waals surface area contributed by atoms with E-state index in [9.17, 15) is 9.59 Å². The first kappa shape index (κ1) is 21.3. The summed E-state index contributed by atoms with van der Waals surface area (Å²) in [5.41, 5.74) is 5.40. The molecule has 4 nitrogen and oxygen atoms in total. The molecule has 3 aromatic carbocycles. The Kier molecular flexibility index (Phi) is 7.02. The highest BCUT2D eigenvalue weighted by atomic mass is 16.2. The van der Waals surface area contributed by atoms with Crippen LogP contribution in [0.5, 0.6) is 0 Å². The maximum atomic E-state index is 12.7. The molecule has 0 bridgehead atoms. The summed E-state index contributed by atoms with van der Waals surface area (Å²) in [6, 6.07) is 25.8. The van der Waals surface area contributed by atoms with Gasteiger partial charge in [0.25, 0.3) is 0 Å². The summed E-state index contributed by atoms with van der Waals surface area (Å²) in [6.45, 7) is 5.44. The molecule has 0 heterocycles. The molecule has 30 heavy (non-hydrogen) atoms.